The monoisotopic (exact) mass is 495 g/mol. The van der Waals surface area contributed by atoms with E-state index in [1.54, 1.807) is 40.1 Å². The molecule has 8 nitrogen and oxygen atoms in total. The van der Waals surface area contributed by atoms with E-state index in [9.17, 15) is 19.7 Å². The van der Waals surface area contributed by atoms with Crippen LogP contribution in [-0.4, -0.2) is 64.4 Å². The quantitative estimate of drug-likeness (QED) is 0.346. The molecule has 0 spiro atoms. The number of aliphatic carboxylic acids is 1. The number of nitro groups is 1. The van der Waals surface area contributed by atoms with Crippen molar-refractivity contribution in [2.75, 3.05) is 32.7 Å². The molecule has 0 bridgehead atoms. The molecule has 1 N–H and O–H groups in total. The first-order valence-electron chi connectivity index (χ1n) is 9.55. The highest BCUT2D eigenvalue weighted by atomic mass is 35.5. The lowest BCUT2D eigenvalue weighted by Gasteiger charge is -2.33. The number of carbonyl (C=O) groups is 2. The van der Waals surface area contributed by atoms with Crippen LogP contribution >= 0.6 is 35.0 Å². The molecule has 2 aromatic rings. The number of carboxylic acid groups (broad SMARTS) is 1. The van der Waals surface area contributed by atoms with E-state index in [1.807, 2.05) is 0 Å². The molecule has 1 heterocycles. The normalized spacial score (nSPS) is 14.6. The largest absolute Gasteiger partial charge is 0.480 e. The zero-order chi connectivity index (χ0) is 23.3. The van der Waals surface area contributed by atoms with Crippen LogP contribution in [0.4, 0.5) is 5.69 Å². The fraction of sp³-hybridized carbons (Fsp3) is 0.238. The summed E-state index contributed by atoms with van der Waals surface area (Å²) in [5.74, 6) is -1.12. The molecule has 1 aliphatic heterocycles. The van der Waals surface area contributed by atoms with E-state index in [0.29, 0.717) is 51.6 Å². The van der Waals surface area contributed by atoms with Gasteiger partial charge in [-0.25, -0.2) is 0 Å². The van der Waals surface area contributed by atoms with Crippen LogP contribution in [0.25, 0.3) is 6.08 Å². The van der Waals surface area contributed by atoms with Gasteiger partial charge in [-0.3, -0.25) is 24.6 Å². The van der Waals surface area contributed by atoms with Gasteiger partial charge in [0.25, 0.3) is 5.69 Å². The molecule has 0 atom stereocenters. The van der Waals surface area contributed by atoms with Crippen LogP contribution in [0.15, 0.2) is 52.3 Å². The maximum atomic E-state index is 12.4. The minimum absolute atomic E-state index is 0.0485. The first-order chi connectivity index (χ1) is 15.2. The molecular weight excluding hydrogens is 477 g/mol. The number of nitrogens with zero attached hydrogens (tertiary/aromatic N) is 3. The van der Waals surface area contributed by atoms with Gasteiger partial charge < -0.3 is 10.0 Å². The molecule has 1 fully saturated rings. The van der Waals surface area contributed by atoms with Crippen molar-refractivity contribution >= 4 is 58.6 Å². The molecule has 1 amide bonds. The van der Waals surface area contributed by atoms with Gasteiger partial charge in [-0.2, -0.15) is 0 Å². The van der Waals surface area contributed by atoms with Crippen molar-refractivity contribution in [2.24, 2.45) is 0 Å². The fourth-order valence-corrected chi connectivity index (χ4v) is 4.56. The van der Waals surface area contributed by atoms with E-state index >= 15 is 0 Å². The minimum atomic E-state index is -0.897. The number of amides is 1. The Morgan fingerprint density at radius 3 is 2.41 bits per heavy atom. The Kier molecular flexibility index (Phi) is 8.14. The summed E-state index contributed by atoms with van der Waals surface area (Å²) >= 11 is 13.2. The lowest BCUT2D eigenvalue weighted by molar-refractivity contribution is -0.387. The van der Waals surface area contributed by atoms with Crippen molar-refractivity contribution in [2.45, 2.75) is 9.79 Å². The summed E-state index contributed by atoms with van der Waals surface area (Å²) in [6, 6.07) is 9.63. The number of halogens is 2. The van der Waals surface area contributed by atoms with Gasteiger partial charge in [-0.15, -0.1) is 0 Å². The first kappa shape index (κ1) is 24.1. The molecule has 0 aromatic heterocycles. The third-order valence-electron chi connectivity index (χ3n) is 4.75. The number of piperazine rings is 1. The van der Waals surface area contributed by atoms with Crippen LogP contribution < -0.4 is 0 Å². The third kappa shape index (κ3) is 6.46. The van der Waals surface area contributed by atoms with Crippen LogP contribution in [0.3, 0.4) is 0 Å². The van der Waals surface area contributed by atoms with Crippen LogP contribution in [0.1, 0.15) is 5.56 Å². The Labute approximate surface area is 198 Å². The Bertz CT molecular complexity index is 1070. The highest BCUT2D eigenvalue weighted by Gasteiger charge is 2.21. The van der Waals surface area contributed by atoms with Crippen molar-refractivity contribution in [3.8, 4) is 0 Å². The van der Waals surface area contributed by atoms with E-state index < -0.39 is 10.9 Å². The van der Waals surface area contributed by atoms with Gasteiger partial charge in [0.1, 0.15) is 0 Å². The lowest BCUT2D eigenvalue weighted by atomic mass is 10.2. The summed E-state index contributed by atoms with van der Waals surface area (Å²) < 4.78 is 0. The molecule has 11 heteroatoms. The summed E-state index contributed by atoms with van der Waals surface area (Å²) in [5.41, 5.74) is 0.416. The predicted molar refractivity (Wildman–Crippen MR) is 123 cm³/mol. The molecule has 32 heavy (non-hydrogen) atoms. The number of carboxylic acids is 1. The second-order valence-electron chi connectivity index (χ2n) is 6.99. The van der Waals surface area contributed by atoms with Gasteiger partial charge in [-0.05, 0) is 35.9 Å². The lowest BCUT2D eigenvalue weighted by Crippen LogP contribution is -2.49. The number of benzene rings is 2. The van der Waals surface area contributed by atoms with Crippen molar-refractivity contribution < 1.29 is 19.6 Å². The number of carbonyl (C=O) groups excluding carboxylic acids is 1. The van der Waals surface area contributed by atoms with Crippen molar-refractivity contribution in [3.05, 3.63) is 68.2 Å². The van der Waals surface area contributed by atoms with Crippen LogP contribution in [-0.2, 0) is 9.59 Å². The molecule has 0 radical (unpaired) electrons. The maximum Gasteiger partial charge on any atom is 0.317 e. The zero-order valence-corrected chi connectivity index (χ0v) is 19.1. The SMILES string of the molecule is O=C(O)CN1CCN(C(=O)C=Cc2ccc(Sc3ccc(Cl)cc3Cl)c([N+](=O)[O-])c2)CC1. The molecule has 1 saturated heterocycles. The topological polar surface area (TPSA) is 104 Å². The van der Waals surface area contributed by atoms with Crippen molar-refractivity contribution in [1.82, 2.24) is 9.80 Å². The molecular formula is C21H19Cl2N3O5S. The van der Waals surface area contributed by atoms with Gasteiger partial charge in [0.15, 0.2) is 0 Å². The average molecular weight is 496 g/mol. The highest BCUT2D eigenvalue weighted by molar-refractivity contribution is 7.99. The van der Waals surface area contributed by atoms with Crippen molar-refractivity contribution in [3.63, 3.8) is 0 Å². The molecule has 3 rings (SSSR count). The van der Waals surface area contributed by atoms with Gasteiger partial charge in [0.2, 0.25) is 5.91 Å². The number of hydrogen-bond acceptors (Lipinski definition) is 6. The fourth-order valence-electron chi connectivity index (χ4n) is 3.13. The van der Waals surface area contributed by atoms with Crippen LogP contribution in [0.5, 0.6) is 0 Å². The van der Waals surface area contributed by atoms with E-state index in [0.717, 1.165) is 11.8 Å². The molecule has 0 saturated carbocycles. The van der Waals surface area contributed by atoms with Crippen LogP contribution in [0, 0.1) is 10.1 Å². The molecule has 1 aliphatic rings. The summed E-state index contributed by atoms with van der Waals surface area (Å²) in [7, 11) is 0. The standard InChI is InChI=1S/C21H19Cl2N3O5S/c22-15-3-5-18(16(23)12-15)32-19-4-1-14(11-17(19)26(30)31)2-6-20(27)25-9-7-24(8-10-25)13-21(28)29/h1-6,11-12H,7-10,13H2,(H,28,29). The second kappa shape index (κ2) is 10.8. The van der Waals surface area contributed by atoms with Gasteiger partial charge in [0, 0.05) is 48.2 Å². The minimum Gasteiger partial charge on any atom is -0.480 e. The maximum absolute atomic E-state index is 12.4. The van der Waals surface area contributed by atoms with Crippen molar-refractivity contribution in [1.29, 1.82) is 0 Å². The highest BCUT2D eigenvalue weighted by Crippen LogP contribution is 2.39. The van der Waals surface area contributed by atoms with E-state index in [4.69, 9.17) is 28.3 Å². The number of nitro benzene ring substituents is 1. The Balaban J connectivity index is 1.69. The van der Waals surface area contributed by atoms with E-state index in [-0.39, 0.29) is 18.1 Å². The summed E-state index contributed by atoms with van der Waals surface area (Å²) in [6.45, 7) is 1.77. The van der Waals surface area contributed by atoms with E-state index in [1.165, 1.54) is 18.2 Å². The van der Waals surface area contributed by atoms with Gasteiger partial charge in [0.05, 0.1) is 21.4 Å². The smallest absolute Gasteiger partial charge is 0.317 e. The van der Waals surface area contributed by atoms with E-state index in [2.05, 4.69) is 0 Å². The van der Waals surface area contributed by atoms with Gasteiger partial charge in [-0.1, -0.05) is 41.0 Å². The number of hydrogen-bond donors (Lipinski definition) is 1. The second-order valence-corrected chi connectivity index (χ2v) is 8.92. The average Bonchev–Trinajstić information content (AvgIpc) is 2.74. The number of rotatable bonds is 7. The summed E-state index contributed by atoms with van der Waals surface area (Å²) in [4.78, 5) is 38.8. The van der Waals surface area contributed by atoms with Gasteiger partial charge >= 0.3 is 5.97 Å². The molecule has 168 valence electrons. The molecule has 2 aromatic carbocycles. The predicted octanol–water partition coefficient (Wildman–Crippen LogP) is 4.29. The Morgan fingerprint density at radius 1 is 1.09 bits per heavy atom. The van der Waals surface area contributed by atoms with Crippen LogP contribution in [0.2, 0.25) is 10.0 Å². The molecule has 0 aliphatic carbocycles. The Hall–Kier alpha value is -2.59. The molecule has 0 unspecified atom stereocenters. The third-order valence-corrected chi connectivity index (χ3v) is 6.56. The summed E-state index contributed by atoms with van der Waals surface area (Å²) in [6.07, 6.45) is 2.90. The Morgan fingerprint density at radius 2 is 1.78 bits per heavy atom. The first-order valence-corrected chi connectivity index (χ1v) is 11.1. The summed E-state index contributed by atoms with van der Waals surface area (Å²) in [5, 5.41) is 21.3. The zero-order valence-electron chi connectivity index (χ0n) is 16.7.